The van der Waals surface area contributed by atoms with E-state index in [0.29, 0.717) is 24.1 Å². The number of nitrogens with zero attached hydrogens (tertiary/aromatic N) is 4. The lowest BCUT2D eigenvalue weighted by Gasteiger charge is -2.44. The van der Waals surface area contributed by atoms with Crippen molar-refractivity contribution in [2.75, 3.05) is 12.4 Å². The fourth-order valence-corrected chi connectivity index (χ4v) is 9.50. The number of fused-ring (bicyclic) bond motifs is 2. The van der Waals surface area contributed by atoms with Crippen LogP contribution < -0.4 is 0 Å². The molecule has 4 rings (SSSR count). The van der Waals surface area contributed by atoms with Crippen molar-refractivity contribution < 1.29 is 37.2 Å². The summed E-state index contributed by atoms with van der Waals surface area (Å²) in [5.41, 5.74) is 1.25. The Morgan fingerprint density at radius 2 is 1.23 bits per heavy atom. The predicted molar refractivity (Wildman–Crippen MR) is 222 cm³/mol. The predicted octanol–water partition coefficient (Wildman–Crippen LogP) is 7.33. The number of carbonyl (C=O) groups is 2. The van der Waals surface area contributed by atoms with Gasteiger partial charge in [0.05, 0.1) is 52.8 Å². The summed E-state index contributed by atoms with van der Waals surface area (Å²) in [5.74, 6) is 0.248. The van der Waals surface area contributed by atoms with Gasteiger partial charge in [0.1, 0.15) is 17.4 Å². The highest BCUT2D eigenvalue weighted by Crippen LogP contribution is 2.32. The van der Waals surface area contributed by atoms with Gasteiger partial charge in [-0.2, -0.15) is 11.8 Å². The number of benzene rings is 2. The van der Waals surface area contributed by atoms with Crippen LogP contribution in [0.2, 0.25) is 0 Å². The first-order chi connectivity index (χ1) is 26.3. The summed E-state index contributed by atoms with van der Waals surface area (Å²) in [4.78, 5) is 47.7. The number of para-hydroxylation sites is 2. The van der Waals surface area contributed by atoms with Crippen molar-refractivity contribution in [1.82, 2.24) is 20.1 Å². The Labute approximate surface area is 336 Å². The van der Waals surface area contributed by atoms with Crippen LogP contribution in [0, 0.1) is 0 Å². The zero-order valence-corrected chi connectivity index (χ0v) is 35.9. The number of rotatable bonds is 21. The molecule has 306 valence electrons. The molecule has 0 saturated carbocycles. The van der Waals surface area contributed by atoms with Gasteiger partial charge in [0, 0.05) is 34.7 Å². The molecule has 2 amide bonds. The van der Waals surface area contributed by atoms with E-state index in [0.717, 1.165) is 37.5 Å². The molecule has 0 N–H and O–H groups in total. The van der Waals surface area contributed by atoms with Crippen molar-refractivity contribution in [3.63, 3.8) is 0 Å². The molecule has 0 bridgehead atoms. The average Bonchev–Trinajstić information content (AvgIpc) is 3.11. The lowest BCUT2D eigenvalue weighted by atomic mass is 10.0. The Morgan fingerprint density at radius 1 is 0.732 bits per heavy atom. The highest BCUT2D eigenvalue weighted by Gasteiger charge is 2.50. The van der Waals surface area contributed by atoms with Crippen LogP contribution in [0.1, 0.15) is 80.4 Å². The number of pyridine rings is 2. The normalized spacial score (nSPS) is 14.9. The lowest BCUT2D eigenvalue weighted by Crippen LogP contribution is -2.63. The van der Waals surface area contributed by atoms with E-state index in [4.69, 9.17) is 19.1 Å². The van der Waals surface area contributed by atoms with Gasteiger partial charge in [-0.3, -0.25) is 29.2 Å². The standard InChI is InChI=1S/C42H58N4O8S2/c1-29(2)51-23-37(45(27-47)53-41(5,6)7)40(56(49,50)26-32-20-34-16-12-14-18-36(34)44-22-32)39(52-30(3)4)38(46(28-48)54-42(8,9)10)25-55-24-31-19-33-15-11-13-17-35(33)43-21-31/h11-22,27-30,37-40H,23-26H2,1-10H3/t37-,38?,39?,40?/m0/s1. The number of aromatic nitrogens is 2. The van der Waals surface area contributed by atoms with Gasteiger partial charge < -0.3 is 9.47 Å². The van der Waals surface area contributed by atoms with Gasteiger partial charge in [0.2, 0.25) is 12.8 Å². The van der Waals surface area contributed by atoms with E-state index < -0.39 is 56.3 Å². The topological polar surface area (TPSA) is 137 Å². The van der Waals surface area contributed by atoms with E-state index in [2.05, 4.69) is 16.0 Å². The zero-order chi connectivity index (χ0) is 41.3. The molecule has 0 aliphatic heterocycles. The molecule has 14 heteroatoms. The smallest absolute Gasteiger partial charge is 0.233 e. The molecule has 0 aliphatic rings. The van der Waals surface area contributed by atoms with Crippen LogP contribution in [0.15, 0.2) is 73.1 Å². The number of thioether (sulfide) groups is 1. The van der Waals surface area contributed by atoms with Crippen molar-refractivity contribution in [2.45, 2.75) is 128 Å². The Balaban J connectivity index is 1.90. The van der Waals surface area contributed by atoms with Crippen LogP contribution in [-0.2, 0) is 50.1 Å². The minimum Gasteiger partial charge on any atom is -0.377 e. The molecule has 0 fully saturated rings. The van der Waals surface area contributed by atoms with E-state index >= 15 is 8.42 Å². The second kappa shape index (κ2) is 19.7. The summed E-state index contributed by atoms with van der Waals surface area (Å²) in [6, 6.07) is 16.9. The summed E-state index contributed by atoms with van der Waals surface area (Å²) in [5, 5.41) is 2.46. The first-order valence-corrected chi connectivity index (χ1v) is 21.8. The summed E-state index contributed by atoms with van der Waals surface area (Å²) >= 11 is 1.48. The van der Waals surface area contributed by atoms with E-state index in [9.17, 15) is 9.59 Å². The Hall–Kier alpha value is -3.66. The molecule has 4 atom stereocenters. The number of hydroxylamine groups is 4. The molecule has 2 heterocycles. The third-order valence-corrected chi connectivity index (χ3v) is 11.6. The molecular weight excluding hydrogens is 753 g/mol. The zero-order valence-electron chi connectivity index (χ0n) is 34.2. The van der Waals surface area contributed by atoms with Crippen LogP contribution in [-0.4, -0.2) is 101 Å². The van der Waals surface area contributed by atoms with Gasteiger partial charge in [-0.1, -0.05) is 36.4 Å². The van der Waals surface area contributed by atoms with Crippen molar-refractivity contribution >= 4 is 56.2 Å². The Morgan fingerprint density at radius 3 is 1.73 bits per heavy atom. The molecule has 2 aromatic carbocycles. The van der Waals surface area contributed by atoms with Crippen LogP contribution in [0.3, 0.4) is 0 Å². The van der Waals surface area contributed by atoms with Gasteiger partial charge in [-0.05, 0) is 105 Å². The van der Waals surface area contributed by atoms with Crippen molar-refractivity contribution in [2.24, 2.45) is 0 Å². The van der Waals surface area contributed by atoms with Gasteiger partial charge in [0.25, 0.3) is 0 Å². The Bertz CT molecular complexity index is 2000. The molecule has 3 unspecified atom stereocenters. The van der Waals surface area contributed by atoms with Crippen LogP contribution in [0.5, 0.6) is 0 Å². The summed E-state index contributed by atoms with van der Waals surface area (Å²) in [6.45, 7) is 17.7. The van der Waals surface area contributed by atoms with Crippen molar-refractivity contribution in [3.05, 3.63) is 84.2 Å². The number of amides is 2. The first kappa shape index (κ1) is 45.0. The van der Waals surface area contributed by atoms with E-state index in [1.54, 1.807) is 67.7 Å². The van der Waals surface area contributed by atoms with Crippen molar-refractivity contribution in [1.29, 1.82) is 0 Å². The highest BCUT2D eigenvalue weighted by molar-refractivity contribution is 7.98. The maximum Gasteiger partial charge on any atom is 0.233 e. The summed E-state index contributed by atoms with van der Waals surface area (Å²) in [7, 11) is -4.32. The number of hydrogen-bond donors (Lipinski definition) is 0. The molecule has 12 nitrogen and oxygen atoms in total. The van der Waals surface area contributed by atoms with Gasteiger partial charge in [-0.25, -0.2) is 18.5 Å². The molecular formula is C42H58N4O8S2. The summed E-state index contributed by atoms with van der Waals surface area (Å²) < 4.78 is 43.5. The maximum atomic E-state index is 15.3. The number of ether oxygens (including phenoxy) is 2. The molecule has 56 heavy (non-hydrogen) atoms. The minimum absolute atomic E-state index is 0.196. The number of carbonyl (C=O) groups excluding carboxylic acids is 2. The maximum absolute atomic E-state index is 15.3. The minimum atomic E-state index is -4.32. The second-order valence-corrected chi connectivity index (χ2v) is 19.6. The number of hydrogen-bond acceptors (Lipinski definition) is 11. The van der Waals surface area contributed by atoms with Gasteiger partial charge in [0.15, 0.2) is 9.84 Å². The molecule has 4 aromatic rings. The highest BCUT2D eigenvalue weighted by atomic mass is 32.2. The van der Waals surface area contributed by atoms with Crippen LogP contribution in [0.4, 0.5) is 0 Å². The quantitative estimate of drug-likeness (QED) is 0.0618. The summed E-state index contributed by atoms with van der Waals surface area (Å²) in [6.07, 6.45) is 2.30. The van der Waals surface area contributed by atoms with Crippen molar-refractivity contribution in [3.8, 4) is 0 Å². The van der Waals surface area contributed by atoms with E-state index in [1.165, 1.54) is 11.8 Å². The largest absolute Gasteiger partial charge is 0.377 e. The second-order valence-electron chi connectivity index (χ2n) is 16.4. The van der Waals surface area contributed by atoms with Gasteiger partial charge >= 0.3 is 0 Å². The fourth-order valence-electron chi connectivity index (χ4n) is 6.27. The first-order valence-electron chi connectivity index (χ1n) is 18.9. The SMILES string of the molecule is CC(C)OC[C@@H](C(C(OC(C)C)C(CSCc1cnc2ccccc2c1)N(C=O)OC(C)(C)C)S(=O)(=O)Cc1cnc2ccccc2c1)N(C=O)OC(C)(C)C. The van der Waals surface area contributed by atoms with Crippen LogP contribution in [0.25, 0.3) is 21.8 Å². The average molecular weight is 811 g/mol. The third kappa shape index (κ3) is 13.2. The molecule has 0 spiro atoms. The lowest BCUT2D eigenvalue weighted by molar-refractivity contribution is -0.255. The monoisotopic (exact) mass is 810 g/mol. The third-order valence-electron chi connectivity index (χ3n) is 8.37. The van der Waals surface area contributed by atoms with E-state index in [-0.39, 0.29) is 18.5 Å². The molecule has 0 aliphatic carbocycles. The molecule has 0 saturated heterocycles. The molecule has 2 aromatic heterocycles. The fraction of sp³-hybridized carbons (Fsp3) is 0.524. The Kier molecular flexibility index (Phi) is 15.8. The number of sulfone groups is 1. The molecule has 0 radical (unpaired) electrons. The van der Waals surface area contributed by atoms with Gasteiger partial charge in [-0.15, -0.1) is 0 Å². The van der Waals surface area contributed by atoms with E-state index in [1.807, 2.05) is 68.6 Å². The van der Waals surface area contributed by atoms with Crippen LogP contribution >= 0.6 is 11.8 Å².